The number of amides is 1. The van der Waals surface area contributed by atoms with Crippen LogP contribution in [0.25, 0.3) is 0 Å². The molecule has 3 rings (SSSR count). The fraction of sp³-hybridized carbons (Fsp3) is 0.278. The monoisotopic (exact) mass is 326 g/mol. The number of hydrogen-bond donors (Lipinski definition) is 1. The van der Waals surface area contributed by atoms with E-state index in [9.17, 15) is 14.9 Å². The van der Waals surface area contributed by atoms with Crippen molar-refractivity contribution in [1.82, 2.24) is 4.90 Å². The van der Waals surface area contributed by atoms with E-state index in [1.165, 1.54) is 4.90 Å². The Morgan fingerprint density at radius 3 is 2.25 bits per heavy atom. The van der Waals surface area contributed by atoms with Gasteiger partial charge in [-0.2, -0.15) is 0 Å². The molecule has 1 amide bonds. The van der Waals surface area contributed by atoms with E-state index in [0.29, 0.717) is 0 Å². The van der Waals surface area contributed by atoms with Crippen molar-refractivity contribution in [3.63, 3.8) is 0 Å². The van der Waals surface area contributed by atoms with Gasteiger partial charge in [-0.25, -0.2) is 0 Å². The molecule has 0 spiro atoms. The Bertz CT molecular complexity index is 708. The number of piperazine rings is 1. The van der Waals surface area contributed by atoms with Crippen molar-refractivity contribution >= 4 is 11.6 Å². The summed E-state index contributed by atoms with van der Waals surface area (Å²) in [5, 5.41) is 10.7. The van der Waals surface area contributed by atoms with Crippen molar-refractivity contribution in [2.24, 2.45) is 0 Å². The topological polar surface area (TPSA) is 67.9 Å². The Kier molecular flexibility index (Phi) is 4.86. The van der Waals surface area contributed by atoms with Gasteiger partial charge in [0.15, 0.2) is 0 Å². The van der Waals surface area contributed by atoms with Crippen LogP contribution in [0.2, 0.25) is 0 Å². The van der Waals surface area contributed by atoms with E-state index in [4.69, 9.17) is 0 Å². The Morgan fingerprint density at radius 2 is 1.67 bits per heavy atom. The van der Waals surface area contributed by atoms with Crippen LogP contribution < -0.4 is 4.90 Å². The molecular formula is C18H20N3O3+. The van der Waals surface area contributed by atoms with Crippen molar-refractivity contribution in [2.75, 3.05) is 26.2 Å². The molecule has 24 heavy (non-hydrogen) atoms. The van der Waals surface area contributed by atoms with Gasteiger partial charge in [-0.1, -0.05) is 18.2 Å². The summed E-state index contributed by atoms with van der Waals surface area (Å²) in [6, 6.07) is 16.1. The van der Waals surface area contributed by atoms with E-state index < -0.39 is 0 Å². The summed E-state index contributed by atoms with van der Waals surface area (Å²) in [5.41, 5.74) is 1.93. The minimum absolute atomic E-state index is 0.0879. The summed E-state index contributed by atoms with van der Waals surface area (Å²) in [6.45, 7) is 4.06. The molecule has 6 nitrogen and oxygen atoms in total. The lowest BCUT2D eigenvalue weighted by Gasteiger charge is -2.32. The van der Waals surface area contributed by atoms with Crippen molar-refractivity contribution in [2.45, 2.75) is 6.54 Å². The van der Waals surface area contributed by atoms with Crippen LogP contribution in [0.3, 0.4) is 0 Å². The third kappa shape index (κ3) is 3.78. The number of nitro groups is 1. The Labute approximate surface area is 140 Å². The van der Waals surface area contributed by atoms with Gasteiger partial charge in [-0.3, -0.25) is 14.9 Å². The standard InChI is InChI=1S/C18H19N3O3/c22-18(16-4-2-1-3-5-16)20-12-10-19(11-13-20)14-15-6-8-17(9-7-15)21(23)24/h1-9H,10-14H2/p+1. The summed E-state index contributed by atoms with van der Waals surface area (Å²) in [4.78, 5) is 26.0. The largest absolute Gasteiger partial charge is 0.328 e. The maximum absolute atomic E-state index is 12.4. The van der Waals surface area contributed by atoms with E-state index in [0.717, 1.165) is 43.9 Å². The molecule has 124 valence electrons. The first-order valence-corrected chi connectivity index (χ1v) is 8.05. The van der Waals surface area contributed by atoms with Crippen LogP contribution >= 0.6 is 0 Å². The minimum Gasteiger partial charge on any atom is -0.328 e. The van der Waals surface area contributed by atoms with Gasteiger partial charge in [0.05, 0.1) is 31.1 Å². The normalized spacial score (nSPS) is 15.2. The third-order valence-corrected chi connectivity index (χ3v) is 4.38. The second-order valence-corrected chi connectivity index (χ2v) is 6.01. The van der Waals surface area contributed by atoms with E-state index in [1.54, 1.807) is 12.1 Å². The molecule has 0 radical (unpaired) electrons. The van der Waals surface area contributed by atoms with Crippen LogP contribution in [0.5, 0.6) is 0 Å². The second-order valence-electron chi connectivity index (χ2n) is 6.01. The number of quaternary nitrogens is 1. The molecule has 0 saturated carbocycles. The average molecular weight is 326 g/mol. The zero-order chi connectivity index (χ0) is 16.9. The highest BCUT2D eigenvalue weighted by molar-refractivity contribution is 5.94. The number of nitrogens with one attached hydrogen (secondary N) is 1. The number of non-ortho nitro benzene ring substituents is 1. The molecule has 2 aromatic rings. The lowest BCUT2D eigenvalue weighted by Crippen LogP contribution is -3.13. The lowest BCUT2D eigenvalue weighted by molar-refractivity contribution is -0.917. The van der Waals surface area contributed by atoms with E-state index in [1.807, 2.05) is 47.4 Å². The molecule has 0 aliphatic carbocycles. The van der Waals surface area contributed by atoms with Gasteiger partial charge < -0.3 is 9.80 Å². The van der Waals surface area contributed by atoms with Crippen LogP contribution in [0, 0.1) is 10.1 Å². The van der Waals surface area contributed by atoms with Crippen LogP contribution in [0.4, 0.5) is 5.69 Å². The Hall–Kier alpha value is -2.73. The highest BCUT2D eigenvalue weighted by Crippen LogP contribution is 2.11. The number of rotatable bonds is 4. The first-order valence-electron chi connectivity index (χ1n) is 8.05. The van der Waals surface area contributed by atoms with Gasteiger partial charge in [0.1, 0.15) is 6.54 Å². The third-order valence-electron chi connectivity index (χ3n) is 4.38. The molecule has 0 aromatic heterocycles. The highest BCUT2D eigenvalue weighted by Gasteiger charge is 2.24. The summed E-state index contributed by atoms with van der Waals surface area (Å²) in [5.74, 6) is 0.0879. The quantitative estimate of drug-likeness (QED) is 0.677. The zero-order valence-corrected chi connectivity index (χ0v) is 13.4. The first-order chi connectivity index (χ1) is 11.6. The lowest BCUT2D eigenvalue weighted by atomic mass is 10.1. The predicted molar refractivity (Wildman–Crippen MR) is 89.8 cm³/mol. The number of nitro benzene ring substituents is 1. The van der Waals surface area contributed by atoms with Crippen molar-refractivity contribution < 1.29 is 14.6 Å². The maximum atomic E-state index is 12.4. The molecular weight excluding hydrogens is 306 g/mol. The molecule has 0 bridgehead atoms. The molecule has 0 atom stereocenters. The molecule has 0 unspecified atom stereocenters. The highest BCUT2D eigenvalue weighted by atomic mass is 16.6. The van der Waals surface area contributed by atoms with Gasteiger partial charge in [-0.05, 0) is 24.3 Å². The average Bonchev–Trinajstić information content (AvgIpc) is 2.63. The van der Waals surface area contributed by atoms with Crippen LogP contribution in [0.1, 0.15) is 15.9 Å². The molecule has 1 N–H and O–H groups in total. The summed E-state index contributed by atoms with van der Waals surface area (Å²) in [6.07, 6.45) is 0. The maximum Gasteiger partial charge on any atom is 0.269 e. The van der Waals surface area contributed by atoms with Gasteiger partial charge in [0, 0.05) is 23.3 Å². The molecule has 2 aromatic carbocycles. The minimum atomic E-state index is -0.384. The molecule has 1 heterocycles. The first kappa shape index (κ1) is 16.1. The summed E-state index contributed by atoms with van der Waals surface area (Å²) in [7, 11) is 0. The Morgan fingerprint density at radius 1 is 1.04 bits per heavy atom. The second kappa shape index (κ2) is 7.23. The van der Waals surface area contributed by atoms with Gasteiger partial charge >= 0.3 is 0 Å². The summed E-state index contributed by atoms with van der Waals surface area (Å²) < 4.78 is 0. The van der Waals surface area contributed by atoms with Crippen molar-refractivity contribution in [3.8, 4) is 0 Å². The summed E-state index contributed by atoms with van der Waals surface area (Å²) >= 11 is 0. The smallest absolute Gasteiger partial charge is 0.269 e. The number of nitrogens with zero attached hydrogens (tertiary/aromatic N) is 2. The van der Waals surface area contributed by atoms with Gasteiger partial charge in [-0.15, -0.1) is 0 Å². The van der Waals surface area contributed by atoms with Crippen molar-refractivity contribution in [3.05, 3.63) is 75.8 Å². The number of hydrogen-bond acceptors (Lipinski definition) is 3. The molecule has 1 aliphatic rings. The SMILES string of the molecule is O=C(c1ccccc1)N1CC[NH+](Cc2ccc([N+](=O)[O-])cc2)CC1. The number of carbonyl (C=O) groups excluding carboxylic acids is 1. The van der Waals surface area contributed by atoms with E-state index >= 15 is 0 Å². The van der Waals surface area contributed by atoms with Crippen LogP contribution in [-0.2, 0) is 6.54 Å². The van der Waals surface area contributed by atoms with Gasteiger partial charge in [0.2, 0.25) is 0 Å². The van der Waals surface area contributed by atoms with Crippen molar-refractivity contribution in [1.29, 1.82) is 0 Å². The molecule has 1 saturated heterocycles. The molecule has 6 heteroatoms. The fourth-order valence-corrected chi connectivity index (χ4v) is 2.99. The zero-order valence-electron chi connectivity index (χ0n) is 13.4. The number of carbonyl (C=O) groups is 1. The molecule has 1 aliphatic heterocycles. The fourth-order valence-electron chi connectivity index (χ4n) is 2.99. The van der Waals surface area contributed by atoms with E-state index in [2.05, 4.69) is 0 Å². The van der Waals surface area contributed by atoms with Crippen LogP contribution in [0.15, 0.2) is 54.6 Å². The Balaban J connectivity index is 1.53. The predicted octanol–water partition coefficient (Wildman–Crippen LogP) is 1.14. The number of benzene rings is 2. The van der Waals surface area contributed by atoms with Gasteiger partial charge in [0.25, 0.3) is 11.6 Å². The van der Waals surface area contributed by atoms with Crippen LogP contribution in [-0.4, -0.2) is 41.9 Å². The van der Waals surface area contributed by atoms with E-state index in [-0.39, 0.29) is 16.5 Å². The molecule has 1 fully saturated rings.